The molecule has 1 N–H and O–H groups in total. The molecule has 112 valence electrons. The predicted molar refractivity (Wildman–Crippen MR) is 84.1 cm³/mol. The van der Waals surface area contributed by atoms with Crippen molar-refractivity contribution in [2.75, 3.05) is 20.1 Å². The second-order valence-corrected chi connectivity index (χ2v) is 6.33. The Labute approximate surface area is 123 Å². The van der Waals surface area contributed by atoms with Gasteiger partial charge in [0.25, 0.3) is 0 Å². The van der Waals surface area contributed by atoms with E-state index in [0.29, 0.717) is 12.0 Å². The molecule has 0 saturated carbocycles. The summed E-state index contributed by atoms with van der Waals surface area (Å²) in [6.45, 7) is 9.77. The summed E-state index contributed by atoms with van der Waals surface area (Å²) in [7, 11) is 2.21. The summed E-state index contributed by atoms with van der Waals surface area (Å²) in [5.41, 5.74) is 1.30. The van der Waals surface area contributed by atoms with E-state index in [-0.39, 0.29) is 6.10 Å². The number of nitrogens with one attached hydrogen (secondary N) is 1. The van der Waals surface area contributed by atoms with Crippen LogP contribution in [0.3, 0.4) is 0 Å². The van der Waals surface area contributed by atoms with Crippen molar-refractivity contribution in [3.05, 3.63) is 29.8 Å². The quantitative estimate of drug-likeness (QED) is 0.895. The molecule has 1 aliphatic heterocycles. The maximum atomic E-state index is 5.75. The Kier molecular flexibility index (Phi) is 5.44. The van der Waals surface area contributed by atoms with Gasteiger partial charge in [0.05, 0.1) is 6.10 Å². The Hall–Kier alpha value is -1.06. The predicted octanol–water partition coefficient (Wildman–Crippen LogP) is 2.90. The van der Waals surface area contributed by atoms with Gasteiger partial charge < -0.3 is 15.0 Å². The number of likely N-dealkylation sites (tertiary alicyclic amines) is 1. The summed E-state index contributed by atoms with van der Waals surface area (Å²) in [5.74, 6) is 1.68. The van der Waals surface area contributed by atoms with E-state index in [4.69, 9.17) is 4.74 Å². The van der Waals surface area contributed by atoms with Crippen LogP contribution in [0.5, 0.6) is 5.75 Å². The van der Waals surface area contributed by atoms with Gasteiger partial charge in [-0.2, -0.15) is 0 Å². The third kappa shape index (κ3) is 4.50. The standard InChI is InChI=1S/C17H28N2O/c1-13(2)20-16-7-5-6-15(10-16)11-18-17-8-9-19(4)12-14(17)3/h5-7,10,13-14,17-18H,8-9,11-12H2,1-4H3. The third-order valence-electron chi connectivity index (χ3n) is 3.95. The molecule has 1 saturated heterocycles. The van der Waals surface area contributed by atoms with Crippen molar-refractivity contribution in [3.8, 4) is 5.75 Å². The van der Waals surface area contributed by atoms with Crippen LogP contribution in [0.1, 0.15) is 32.8 Å². The van der Waals surface area contributed by atoms with Gasteiger partial charge in [-0.05, 0) is 57.5 Å². The molecule has 0 aromatic heterocycles. The Balaban J connectivity index is 1.87. The number of piperidine rings is 1. The van der Waals surface area contributed by atoms with Crippen molar-refractivity contribution in [1.82, 2.24) is 10.2 Å². The van der Waals surface area contributed by atoms with E-state index in [1.165, 1.54) is 25.1 Å². The Morgan fingerprint density at radius 2 is 2.20 bits per heavy atom. The zero-order valence-corrected chi connectivity index (χ0v) is 13.2. The second-order valence-electron chi connectivity index (χ2n) is 6.33. The molecule has 1 aromatic carbocycles. The molecule has 1 fully saturated rings. The summed E-state index contributed by atoms with van der Waals surface area (Å²) < 4.78 is 5.75. The summed E-state index contributed by atoms with van der Waals surface area (Å²) in [4.78, 5) is 2.42. The highest BCUT2D eigenvalue weighted by atomic mass is 16.5. The zero-order valence-electron chi connectivity index (χ0n) is 13.2. The molecule has 0 bridgehead atoms. The zero-order chi connectivity index (χ0) is 14.5. The lowest BCUT2D eigenvalue weighted by molar-refractivity contribution is 0.174. The number of benzene rings is 1. The van der Waals surface area contributed by atoms with Crippen LogP contribution in [0.25, 0.3) is 0 Å². The van der Waals surface area contributed by atoms with Gasteiger partial charge in [0.2, 0.25) is 0 Å². The van der Waals surface area contributed by atoms with E-state index in [9.17, 15) is 0 Å². The van der Waals surface area contributed by atoms with E-state index < -0.39 is 0 Å². The fourth-order valence-corrected chi connectivity index (χ4v) is 2.91. The normalized spacial score (nSPS) is 24.1. The Morgan fingerprint density at radius 1 is 1.40 bits per heavy atom. The minimum atomic E-state index is 0.229. The number of nitrogens with zero attached hydrogens (tertiary/aromatic N) is 1. The summed E-state index contributed by atoms with van der Waals surface area (Å²) >= 11 is 0. The van der Waals surface area contributed by atoms with Crippen LogP contribution in [-0.2, 0) is 6.54 Å². The highest BCUT2D eigenvalue weighted by molar-refractivity contribution is 5.28. The topological polar surface area (TPSA) is 24.5 Å². The van der Waals surface area contributed by atoms with Crippen molar-refractivity contribution in [2.45, 2.75) is 45.9 Å². The van der Waals surface area contributed by atoms with Crippen LogP contribution >= 0.6 is 0 Å². The van der Waals surface area contributed by atoms with Crippen molar-refractivity contribution < 1.29 is 4.74 Å². The summed E-state index contributed by atoms with van der Waals surface area (Å²) in [5, 5.41) is 3.71. The lowest BCUT2D eigenvalue weighted by Gasteiger charge is -2.35. The second kappa shape index (κ2) is 7.09. The number of ether oxygens (including phenoxy) is 1. The smallest absolute Gasteiger partial charge is 0.120 e. The molecule has 2 atom stereocenters. The van der Waals surface area contributed by atoms with Crippen LogP contribution < -0.4 is 10.1 Å². The van der Waals surface area contributed by atoms with Crippen LogP contribution in [0.4, 0.5) is 0 Å². The molecule has 0 radical (unpaired) electrons. The first-order valence-corrected chi connectivity index (χ1v) is 7.72. The van der Waals surface area contributed by atoms with Gasteiger partial charge in [0, 0.05) is 19.1 Å². The maximum Gasteiger partial charge on any atom is 0.120 e. The molecular weight excluding hydrogens is 248 g/mol. The fraction of sp³-hybridized carbons (Fsp3) is 0.647. The van der Waals surface area contributed by atoms with E-state index in [1.807, 2.05) is 6.07 Å². The van der Waals surface area contributed by atoms with Gasteiger partial charge in [0.1, 0.15) is 5.75 Å². The molecule has 1 aliphatic rings. The molecule has 20 heavy (non-hydrogen) atoms. The van der Waals surface area contributed by atoms with Gasteiger partial charge in [-0.15, -0.1) is 0 Å². The van der Waals surface area contributed by atoms with Crippen molar-refractivity contribution in [3.63, 3.8) is 0 Å². The largest absolute Gasteiger partial charge is 0.491 e. The van der Waals surface area contributed by atoms with Gasteiger partial charge in [-0.1, -0.05) is 19.1 Å². The monoisotopic (exact) mass is 276 g/mol. The molecule has 3 heteroatoms. The highest BCUT2D eigenvalue weighted by Gasteiger charge is 2.23. The van der Waals surface area contributed by atoms with E-state index in [2.05, 4.69) is 56.2 Å². The summed E-state index contributed by atoms with van der Waals surface area (Å²) in [6, 6.07) is 9.04. The van der Waals surface area contributed by atoms with E-state index in [1.54, 1.807) is 0 Å². The van der Waals surface area contributed by atoms with Crippen LogP contribution in [0, 0.1) is 5.92 Å². The van der Waals surface area contributed by atoms with E-state index >= 15 is 0 Å². The minimum absolute atomic E-state index is 0.229. The van der Waals surface area contributed by atoms with Crippen LogP contribution in [-0.4, -0.2) is 37.2 Å². The molecule has 0 amide bonds. The van der Waals surface area contributed by atoms with E-state index in [0.717, 1.165) is 12.3 Å². The lowest BCUT2D eigenvalue weighted by Crippen LogP contribution is -2.46. The van der Waals surface area contributed by atoms with Gasteiger partial charge in [-0.3, -0.25) is 0 Å². The van der Waals surface area contributed by atoms with Gasteiger partial charge in [0.15, 0.2) is 0 Å². The first-order chi connectivity index (χ1) is 9.54. The average Bonchev–Trinajstić information content (AvgIpc) is 2.37. The van der Waals surface area contributed by atoms with Crippen LogP contribution in [0.2, 0.25) is 0 Å². The molecule has 3 nitrogen and oxygen atoms in total. The highest BCUT2D eigenvalue weighted by Crippen LogP contribution is 2.18. The number of rotatable bonds is 5. The maximum absolute atomic E-state index is 5.75. The SMILES string of the molecule is CC(C)Oc1cccc(CNC2CCN(C)CC2C)c1. The molecular formula is C17H28N2O. The van der Waals surface area contributed by atoms with Crippen molar-refractivity contribution in [2.24, 2.45) is 5.92 Å². The Morgan fingerprint density at radius 3 is 2.90 bits per heavy atom. The molecule has 1 aromatic rings. The molecule has 1 heterocycles. The molecule has 2 unspecified atom stereocenters. The molecule has 0 spiro atoms. The molecule has 2 rings (SSSR count). The first-order valence-electron chi connectivity index (χ1n) is 7.72. The Bertz CT molecular complexity index is 419. The molecule has 0 aliphatic carbocycles. The third-order valence-corrected chi connectivity index (χ3v) is 3.95. The van der Waals surface area contributed by atoms with Gasteiger partial charge >= 0.3 is 0 Å². The number of hydrogen-bond acceptors (Lipinski definition) is 3. The van der Waals surface area contributed by atoms with Crippen molar-refractivity contribution >= 4 is 0 Å². The fourth-order valence-electron chi connectivity index (χ4n) is 2.91. The summed E-state index contributed by atoms with van der Waals surface area (Å²) in [6.07, 6.45) is 1.46. The average molecular weight is 276 g/mol. The first kappa shape index (κ1) is 15.3. The van der Waals surface area contributed by atoms with Crippen molar-refractivity contribution in [1.29, 1.82) is 0 Å². The minimum Gasteiger partial charge on any atom is -0.491 e. The van der Waals surface area contributed by atoms with Crippen LogP contribution in [0.15, 0.2) is 24.3 Å². The van der Waals surface area contributed by atoms with Gasteiger partial charge in [-0.25, -0.2) is 0 Å². The lowest BCUT2D eigenvalue weighted by atomic mass is 9.94. The number of hydrogen-bond donors (Lipinski definition) is 1.